The van der Waals surface area contributed by atoms with Gasteiger partial charge in [0.1, 0.15) is 5.69 Å². The van der Waals surface area contributed by atoms with Gasteiger partial charge in [0, 0.05) is 17.4 Å². The average Bonchev–Trinajstić information content (AvgIpc) is 2.84. The molecular formula is C13H13BrN4O2. The summed E-state index contributed by atoms with van der Waals surface area (Å²) >= 11 is 3.52. The molecule has 104 valence electrons. The Bertz CT molecular complexity index is 656. The van der Waals surface area contributed by atoms with Gasteiger partial charge in [-0.2, -0.15) is 0 Å². The predicted molar refractivity (Wildman–Crippen MR) is 75.4 cm³/mol. The van der Waals surface area contributed by atoms with Gasteiger partial charge in [-0.25, -0.2) is 9.48 Å². The summed E-state index contributed by atoms with van der Waals surface area (Å²) in [6.45, 7) is 1.45. The molecule has 1 aromatic heterocycles. The van der Waals surface area contributed by atoms with Crippen molar-refractivity contribution in [1.82, 2.24) is 19.9 Å². The monoisotopic (exact) mass is 336 g/mol. The van der Waals surface area contributed by atoms with Gasteiger partial charge in [0.05, 0.1) is 18.8 Å². The Balaban J connectivity index is 1.84. The van der Waals surface area contributed by atoms with Crippen LogP contribution in [0.2, 0.25) is 0 Å². The van der Waals surface area contributed by atoms with E-state index in [4.69, 9.17) is 5.11 Å². The Morgan fingerprint density at radius 2 is 2.20 bits per heavy atom. The Morgan fingerprint density at radius 1 is 1.40 bits per heavy atom. The number of carboxylic acid groups (broad SMARTS) is 1. The molecule has 20 heavy (non-hydrogen) atoms. The van der Waals surface area contributed by atoms with Crippen LogP contribution in [0.3, 0.4) is 0 Å². The van der Waals surface area contributed by atoms with Crippen LogP contribution in [-0.2, 0) is 19.5 Å². The molecule has 0 saturated carbocycles. The normalized spacial score (nSPS) is 14.2. The van der Waals surface area contributed by atoms with Crippen molar-refractivity contribution in [2.24, 2.45) is 0 Å². The van der Waals surface area contributed by atoms with E-state index < -0.39 is 6.09 Å². The third-order valence-electron chi connectivity index (χ3n) is 3.43. The largest absolute Gasteiger partial charge is 0.465 e. The smallest absolute Gasteiger partial charge is 0.407 e. The molecule has 0 aliphatic carbocycles. The zero-order valence-corrected chi connectivity index (χ0v) is 12.2. The summed E-state index contributed by atoms with van der Waals surface area (Å²) in [5.41, 5.74) is 2.91. The van der Waals surface area contributed by atoms with E-state index in [1.807, 2.05) is 28.9 Å². The lowest BCUT2D eigenvalue weighted by molar-refractivity contribution is 0.139. The van der Waals surface area contributed by atoms with Crippen LogP contribution in [0.15, 0.2) is 28.7 Å². The average molecular weight is 337 g/mol. The summed E-state index contributed by atoms with van der Waals surface area (Å²) < 4.78 is 2.89. The molecular weight excluding hydrogens is 324 g/mol. The molecule has 3 rings (SSSR count). The van der Waals surface area contributed by atoms with Crippen molar-refractivity contribution in [2.75, 3.05) is 6.54 Å². The molecule has 0 unspecified atom stereocenters. The van der Waals surface area contributed by atoms with Crippen LogP contribution in [0.25, 0.3) is 0 Å². The lowest BCUT2D eigenvalue weighted by atomic mass is 10.1. The van der Waals surface area contributed by atoms with Crippen LogP contribution in [0, 0.1) is 0 Å². The third-order valence-corrected chi connectivity index (χ3v) is 4.20. The number of aromatic nitrogens is 3. The van der Waals surface area contributed by atoms with Crippen LogP contribution in [0.4, 0.5) is 4.79 Å². The van der Waals surface area contributed by atoms with E-state index in [1.165, 1.54) is 4.90 Å². The minimum atomic E-state index is -0.906. The lowest BCUT2D eigenvalue weighted by Gasteiger charge is -2.23. The summed E-state index contributed by atoms with van der Waals surface area (Å²) in [7, 11) is 0. The molecule has 0 radical (unpaired) electrons. The van der Waals surface area contributed by atoms with Gasteiger partial charge in [-0.1, -0.05) is 39.3 Å². The number of benzene rings is 1. The Morgan fingerprint density at radius 3 is 2.95 bits per heavy atom. The van der Waals surface area contributed by atoms with Crippen LogP contribution in [0.5, 0.6) is 0 Å². The number of amides is 1. The number of hydrogen-bond acceptors (Lipinski definition) is 3. The van der Waals surface area contributed by atoms with Gasteiger partial charge in [-0.3, -0.25) is 0 Å². The summed E-state index contributed by atoms with van der Waals surface area (Å²) in [4.78, 5) is 12.3. The Labute approximate surface area is 124 Å². The molecule has 1 aromatic carbocycles. The van der Waals surface area contributed by atoms with Gasteiger partial charge in [0.2, 0.25) is 0 Å². The third kappa shape index (κ3) is 2.40. The predicted octanol–water partition coefficient (Wildman–Crippen LogP) is 2.12. The first-order valence-electron chi connectivity index (χ1n) is 6.27. The minimum Gasteiger partial charge on any atom is -0.465 e. The standard InChI is InChI=1S/C13H13BrN4O2/c14-10-4-2-1-3-9(10)7-18-12-5-6-17(13(19)20)8-11(12)15-16-18/h1-4H,5-8H2,(H,19,20). The second-order valence-electron chi connectivity index (χ2n) is 4.69. The van der Waals surface area contributed by atoms with Crippen LogP contribution in [0.1, 0.15) is 17.0 Å². The maximum atomic E-state index is 11.0. The second kappa shape index (κ2) is 5.24. The van der Waals surface area contributed by atoms with Crippen molar-refractivity contribution in [3.8, 4) is 0 Å². The first-order valence-corrected chi connectivity index (χ1v) is 7.07. The van der Waals surface area contributed by atoms with Gasteiger partial charge < -0.3 is 10.0 Å². The van der Waals surface area contributed by atoms with E-state index in [-0.39, 0.29) is 0 Å². The highest BCUT2D eigenvalue weighted by Gasteiger charge is 2.25. The Kier molecular flexibility index (Phi) is 3.43. The van der Waals surface area contributed by atoms with Crippen molar-refractivity contribution in [1.29, 1.82) is 0 Å². The molecule has 2 heterocycles. The van der Waals surface area contributed by atoms with Crippen molar-refractivity contribution < 1.29 is 9.90 Å². The van der Waals surface area contributed by atoms with Crippen LogP contribution in [-0.4, -0.2) is 37.6 Å². The number of carbonyl (C=O) groups is 1. The molecule has 1 aliphatic rings. The molecule has 2 aromatic rings. The lowest BCUT2D eigenvalue weighted by Crippen LogP contribution is -2.35. The van der Waals surface area contributed by atoms with E-state index in [0.717, 1.165) is 21.4 Å². The number of halogens is 1. The molecule has 0 bridgehead atoms. The number of rotatable bonds is 2. The molecule has 1 N–H and O–H groups in total. The first kappa shape index (κ1) is 13.1. The fourth-order valence-electron chi connectivity index (χ4n) is 2.34. The SMILES string of the molecule is O=C(O)N1CCc2c(nnn2Cc2ccccc2Br)C1. The van der Waals surface area contributed by atoms with Crippen molar-refractivity contribution in [3.05, 3.63) is 45.7 Å². The van der Waals surface area contributed by atoms with Gasteiger partial charge in [0.25, 0.3) is 0 Å². The maximum Gasteiger partial charge on any atom is 0.407 e. The molecule has 1 amide bonds. The first-order chi connectivity index (χ1) is 9.65. The molecule has 1 aliphatic heterocycles. The van der Waals surface area contributed by atoms with Gasteiger partial charge in [-0.15, -0.1) is 5.10 Å². The fraction of sp³-hybridized carbons (Fsp3) is 0.308. The molecule has 0 saturated heterocycles. The maximum absolute atomic E-state index is 11.0. The fourth-order valence-corrected chi connectivity index (χ4v) is 2.75. The van der Waals surface area contributed by atoms with E-state index in [1.54, 1.807) is 0 Å². The zero-order chi connectivity index (χ0) is 14.1. The number of fused-ring (bicyclic) bond motifs is 1. The van der Waals surface area contributed by atoms with Gasteiger partial charge in [-0.05, 0) is 11.6 Å². The summed E-state index contributed by atoms with van der Waals surface area (Å²) in [5, 5.41) is 17.3. The van der Waals surface area contributed by atoms with Crippen molar-refractivity contribution >= 4 is 22.0 Å². The van der Waals surface area contributed by atoms with Crippen molar-refractivity contribution in [3.63, 3.8) is 0 Å². The van der Waals surface area contributed by atoms with E-state index in [0.29, 0.717) is 26.1 Å². The summed E-state index contributed by atoms with van der Waals surface area (Å²) in [6.07, 6.45) is -0.255. The molecule has 7 heteroatoms. The minimum absolute atomic E-state index is 0.320. The van der Waals surface area contributed by atoms with E-state index >= 15 is 0 Å². The number of nitrogens with zero attached hydrogens (tertiary/aromatic N) is 4. The highest BCUT2D eigenvalue weighted by atomic mass is 79.9. The van der Waals surface area contributed by atoms with E-state index in [9.17, 15) is 4.79 Å². The molecule has 0 fully saturated rings. The van der Waals surface area contributed by atoms with Gasteiger partial charge in [0.15, 0.2) is 0 Å². The topological polar surface area (TPSA) is 71.2 Å². The van der Waals surface area contributed by atoms with Crippen molar-refractivity contribution in [2.45, 2.75) is 19.5 Å². The molecule has 6 nitrogen and oxygen atoms in total. The van der Waals surface area contributed by atoms with Gasteiger partial charge >= 0.3 is 6.09 Å². The molecule has 0 spiro atoms. The second-order valence-corrected chi connectivity index (χ2v) is 5.54. The number of hydrogen-bond donors (Lipinski definition) is 1. The highest BCUT2D eigenvalue weighted by molar-refractivity contribution is 9.10. The van der Waals surface area contributed by atoms with Crippen LogP contribution < -0.4 is 0 Å². The highest BCUT2D eigenvalue weighted by Crippen LogP contribution is 2.20. The zero-order valence-electron chi connectivity index (χ0n) is 10.7. The van der Waals surface area contributed by atoms with Crippen LogP contribution >= 0.6 is 15.9 Å². The Hall–Kier alpha value is -1.89. The molecule has 0 atom stereocenters. The quantitative estimate of drug-likeness (QED) is 0.911. The summed E-state index contributed by atoms with van der Waals surface area (Å²) in [5.74, 6) is 0. The van der Waals surface area contributed by atoms with E-state index in [2.05, 4.69) is 26.2 Å². The summed E-state index contributed by atoms with van der Waals surface area (Å²) in [6, 6.07) is 7.97.